The number of urea groups is 1. The molecule has 4 heteroatoms. The van der Waals surface area contributed by atoms with Gasteiger partial charge in [-0.2, -0.15) is 0 Å². The Morgan fingerprint density at radius 3 is 2.38 bits per heavy atom. The summed E-state index contributed by atoms with van der Waals surface area (Å²) in [5, 5.41) is 5.81. The van der Waals surface area contributed by atoms with E-state index in [-0.39, 0.29) is 6.03 Å². The fraction of sp³-hybridized carbons (Fsp3) is 0.409. The number of anilines is 1. The molecule has 140 valence electrons. The number of carbonyl (C=O) groups excluding carboxylic acids is 1. The first-order chi connectivity index (χ1) is 12.7. The van der Waals surface area contributed by atoms with E-state index in [1.165, 1.54) is 24.0 Å². The molecule has 0 unspecified atom stereocenters. The van der Waals surface area contributed by atoms with E-state index in [1.807, 2.05) is 30.3 Å². The molecule has 26 heavy (non-hydrogen) atoms. The number of hydrogen-bond donors (Lipinski definition) is 2. The van der Waals surface area contributed by atoms with Crippen LogP contribution in [0.5, 0.6) is 0 Å². The van der Waals surface area contributed by atoms with Gasteiger partial charge in [-0.05, 0) is 44.0 Å². The van der Waals surface area contributed by atoms with Crippen molar-refractivity contribution >= 4 is 11.7 Å². The number of aryl methyl sites for hydroxylation is 1. The Labute approximate surface area is 157 Å². The van der Waals surface area contributed by atoms with Crippen molar-refractivity contribution in [3.05, 3.63) is 65.7 Å². The van der Waals surface area contributed by atoms with Crippen molar-refractivity contribution < 1.29 is 4.79 Å². The van der Waals surface area contributed by atoms with Crippen LogP contribution in [0.15, 0.2) is 54.6 Å². The number of para-hydroxylation sites is 1. The second-order valence-electron chi connectivity index (χ2n) is 6.68. The highest BCUT2D eigenvalue weighted by Gasteiger charge is 2.07. The lowest BCUT2D eigenvalue weighted by Crippen LogP contribution is -2.38. The van der Waals surface area contributed by atoms with Crippen molar-refractivity contribution in [3.63, 3.8) is 0 Å². The maximum atomic E-state index is 12.0. The number of nitrogens with one attached hydrogen (secondary N) is 2. The van der Waals surface area contributed by atoms with Gasteiger partial charge in [-0.3, -0.25) is 0 Å². The number of unbranched alkanes of at least 4 members (excludes halogenated alkanes) is 1. The second-order valence-corrected chi connectivity index (χ2v) is 6.68. The molecule has 0 aliphatic carbocycles. The second kappa shape index (κ2) is 11.3. The minimum atomic E-state index is -0.148. The minimum Gasteiger partial charge on any atom is -0.337 e. The van der Waals surface area contributed by atoms with Crippen molar-refractivity contribution in [1.29, 1.82) is 0 Å². The molecule has 2 aromatic rings. The Morgan fingerprint density at radius 1 is 0.962 bits per heavy atom. The summed E-state index contributed by atoms with van der Waals surface area (Å²) in [5.74, 6) is 0. The summed E-state index contributed by atoms with van der Waals surface area (Å²) >= 11 is 0. The van der Waals surface area contributed by atoms with Crippen LogP contribution in [0, 0.1) is 6.92 Å². The zero-order chi connectivity index (χ0) is 18.6. The summed E-state index contributed by atoms with van der Waals surface area (Å²) in [4.78, 5) is 14.4. The van der Waals surface area contributed by atoms with Gasteiger partial charge in [0.25, 0.3) is 0 Å². The number of benzene rings is 2. The number of rotatable bonds is 10. The van der Waals surface area contributed by atoms with Gasteiger partial charge < -0.3 is 15.5 Å². The van der Waals surface area contributed by atoms with Crippen molar-refractivity contribution in [3.8, 4) is 0 Å². The van der Waals surface area contributed by atoms with Gasteiger partial charge in [0.05, 0.1) is 0 Å². The van der Waals surface area contributed by atoms with E-state index in [9.17, 15) is 4.79 Å². The molecule has 0 atom stereocenters. The van der Waals surface area contributed by atoms with Crippen molar-refractivity contribution in [2.24, 2.45) is 0 Å². The normalized spacial score (nSPS) is 10.7. The summed E-state index contributed by atoms with van der Waals surface area (Å²) < 4.78 is 0. The molecule has 0 aromatic heterocycles. The number of carbonyl (C=O) groups is 1. The summed E-state index contributed by atoms with van der Waals surface area (Å²) in [6.07, 6.45) is 3.41. The number of amides is 2. The SMILES string of the molecule is CCCCN(CCNC(=O)Nc1ccccc1)CCc1ccc(C)cc1. The Hall–Kier alpha value is -2.33. The smallest absolute Gasteiger partial charge is 0.319 e. The van der Waals surface area contributed by atoms with E-state index >= 15 is 0 Å². The molecular weight excluding hydrogens is 322 g/mol. The molecule has 2 N–H and O–H groups in total. The largest absolute Gasteiger partial charge is 0.337 e. The Kier molecular flexibility index (Phi) is 8.70. The van der Waals surface area contributed by atoms with E-state index in [0.717, 1.165) is 31.7 Å². The third-order valence-electron chi connectivity index (χ3n) is 4.41. The third-order valence-corrected chi connectivity index (χ3v) is 4.41. The van der Waals surface area contributed by atoms with Crippen LogP contribution < -0.4 is 10.6 Å². The lowest BCUT2D eigenvalue weighted by molar-refractivity contribution is 0.244. The Morgan fingerprint density at radius 2 is 1.69 bits per heavy atom. The average Bonchev–Trinajstić information content (AvgIpc) is 2.65. The maximum Gasteiger partial charge on any atom is 0.319 e. The third kappa shape index (κ3) is 7.70. The Bertz CT molecular complexity index is 640. The molecule has 0 saturated carbocycles. The van der Waals surface area contributed by atoms with Gasteiger partial charge in [0.1, 0.15) is 0 Å². The lowest BCUT2D eigenvalue weighted by Gasteiger charge is -2.22. The average molecular weight is 354 g/mol. The summed E-state index contributed by atoms with van der Waals surface area (Å²) in [5.41, 5.74) is 3.48. The first-order valence-electron chi connectivity index (χ1n) is 9.55. The van der Waals surface area contributed by atoms with E-state index < -0.39 is 0 Å². The van der Waals surface area contributed by atoms with Crippen molar-refractivity contribution in [1.82, 2.24) is 10.2 Å². The molecule has 0 spiro atoms. The van der Waals surface area contributed by atoms with Crippen LogP contribution in [-0.4, -0.2) is 37.1 Å². The molecule has 0 aliphatic rings. The molecule has 0 radical (unpaired) electrons. The molecule has 0 heterocycles. The molecule has 0 saturated heterocycles. The fourth-order valence-corrected chi connectivity index (χ4v) is 2.78. The zero-order valence-electron chi connectivity index (χ0n) is 16.0. The summed E-state index contributed by atoms with van der Waals surface area (Å²) in [6.45, 7) is 7.94. The van der Waals surface area contributed by atoms with Gasteiger partial charge in [-0.25, -0.2) is 4.79 Å². The maximum absolute atomic E-state index is 12.0. The quantitative estimate of drug-likeness (QED) is 0.662. The molecule has 0 aliphatic heterocycles. The van der Waals surface area contributed by atoms with Gasteiger partial charge in [0.15, 0.2) is 0 Å². The molecule has 2 rings (SSSR count). The van der Waals surface area contributed by atoms with Crippen LogP contribution in [0.3, 0.4) is 0 Å². The molecule has 0 bridgehead atoms. The summed E-state index contributed by atoms with van der Waals surface area (Å²) in [6, 6.07) is 18.1. The fourth-order valence-electron chi connectivity index (χ4n) is 2.78. The van der Waals surface area contributed by atoms with Crippen LogP contribution in [-0.2, 0) is 6.42 Å². The predicted molar refractivity (Wildman–Crippen MR) is 110 cm³/mol. The van der Waals surface area contributed by atoms with Gasteiger partial charge in [-0.15, -0.1) is 0 Å². The van der Waals surface area contributed by atoms with Crippen LogP contribution in [0.25, 0.3) is 0 Å². The molecule has 2 aromatic carbocycles. The highest BCUT2D eigenvalue weighted by molar-refractivity contribution is 5.89. The van der Waals surface area contributed by atoms with E-state index in [1.54, 1.807) is 0 Å². The van der Waals surface area contributed by atoms with Crippen molar-refractivity contribution in [2.45, 2.75) is 33.1 Å². The van der Waals surface area contributed by atoms with Crippen LogP contribution in [0.1, 0.15) is 30.9 Å². The first kappa shape index (κ1) is 20.0. The van der Waals surface area contributed by atoms with Gasteiger partial charge in [0.2, 0.25) is 0 Å². The zero-order valence-corrected chi connectivity index (χ0v) is 16.0. The number of hydrogen-bond acceptors (Lipinski definition) is 2. The topological polar surface area (TPSA) is 44.4 Å². The molecule has 2 amide bonds. The highest BCUT2D eigenvalue weighted by Crippen LogP contribution is 2.06. The molecular formula is C22H31N3O. The van der Waals surface area contributed by atoms with Crippen molar-refractivity contribution in [2.75, 3.05) is 31.5 Å². The van der Waals surface area contributed by atoms with E-state index in [4.69, 9.17) is 0 Å². The van der Waals surface area contributed by atoms with Gasteiger partial charge >= 0.3 is 6.03 Å². The highest BCUT2D eigenvalue weighted by atomic mass is 16.2. The first-order valence-corrected chi connectivity index (χ1v) is 9.55. The molecule has 0 fully saturated rings. The number of nitrogens with zero attached hydrogens (tertiary/aromatic N) is 1. The summed E-state index contributed by atoms with van der Waals surface area (Å²) in [7, 11) is 0. The molecule has 4 nitrogen and oxygen atoms in total. The standard InChI is InChI=1S/C22H31N3O/c1-3-4-16-25(17-14-20-12-10-19(2)11-13-20)18-15-23-22(26)24-21-8-6-5-7-9-21/h5-13H,3-4,14-18H2,1-2H3,(H2,23,24,26). The monoisotopic (exact) mass is 353 g/mol. The van der Waals surface area contributed by atoms with Gasteiger partial charge in [0, 0.05) is 25.3 Å². The van der Waals surface area contributed by atoms with E-state index in [2.05, 4.69) is 53.6 Å². The van der Waals surface area contributed by atoms with Crippen LogP contribution >= 0.6 is 0 Å². The van der Waals surface area contributed by atoms with Gasteiger partial charge in [-0.1, -0.05) is 61.4 Å². The Balaban J connectivity index is 1.73. The van der Waals surface area contributed by atoms with Crippen LogP contribution in [0.4, 0.5) is 10.5 Å². The van der Waals surface area contributed by atoms with Crippen LogP contribution in [0.2, 0.25) is 0 Å². The minimum absolute atomic E-state index is 0.148. The predicted octanol–water partition coefficient (Wildman–Crippen LogP) is 4.46. The van der Waals surface area contributed by atoms with E-state index in [0.29, 0.717) is 6.54 Å². The lowest BCUT2D eigenvalue weighted by atomic mass is 10.1.